The second-order valence-electron chi connectivity index (χ2n) is 6.37. The van der Waals surface area contributed by atoms with Crippen molar-refractivity contribution in [3.05, 3.63) is 101 Å². The molecule has 0 atom stereocenters. The number of fused-ring (bicyclic) bond motifs is 1. The number of aromatic nitrogens is 2. The fourth-order valence-corrected chi connectivity index (χ4v) is 3.10. The Morgan fingerprint density at radius 3 is 2.50 bits per heavy atom. The van der Waals surface area contributed by atoms with Crippen LogP contribution in [-0.2, 0) is 4.74 Å². The molecule has 0 aliphatic rings. The van der Waals surface area contributed by atoms with Crippen LogP contribution in [0.5, 0.6) is 0 Å². The minimum absolute atomic E-state index is 0.254. The first-order valence-electron chi connectivity index (χ1n) is 9.22. The zero-order valence-electron chi connectivity index (χ0n) is 16.1. The van der Waals surface area contributed by atoms with Crippen LogP contribution in [0.3, 0.4) is 0 Å². The number of esters is 1. The molecule has 0 amide bonds. The molecule has 4 rings (SSSR count). The number of hydrazone groups is 1. The first-order valence-corrected chi connectivity index (χ1v) is 9.22. The molecule has 4 aromatic rings. The number of hydrogen-bond acceptors (Lipinski definition) is 6. The molecule has 148 valence electrons. The van der Waals surface area contributed by atoms with E-state index in [1.54, 1.807) is 42.5 Å². The van der Waals surface area contributed by atoms with Gasteiger partial charge in [-0.3, -0.25) is 14.8 Å². The van der Waals surface area contributed by atoms with Crippen molar-refractivity contribution in [1.29, 1.82) is 0 Å². The number of nitrogens with zero attached hydrogens (tertiary/aromatic N) is 3. The molecule has 0 aliphatic heterocycles. The molecule has 0 aliphatic carbocycles. The minimum Gasteiger partial charge on any atom is -0.465 e. The van der Waals surface area contributed by atoms with Crippen LogP contribution in [0.4, 0.5) is 5.69 Å². The van der Waals surface area contributed by atoms with E-state index in [1.165, 1.54) is 17.9 Å². The van der Waals surface area contributed by atoms with E-state index in [1.807, 2.05) is 36.4 Å². The van der Waals surface area contributed by atoms with Gasteiger partial charge in [-0.05, 0) is 36.4 Å². The Bertz CT molecular complexity index is 1300. The van der Waals surface area contributed by atoms with E-state index < -0.39 is 5.97 Å². The average Bonchev–Trinajstić information content (AvgIpc) is 2.79. The summed E-state index contributed by atoms with van der Waals surface area (Å²) in [5.41, 5.74) is 4.55. The highest BCUT2D eigenvalue weighted by atomic mass is 16.5. The lowest BCUT2D eigenvalue weighted by Crippen LogP contribution is -2.26. The van der Waals surface area contributed by atoms with E-state index in [0.717, 1.165) is 5.69 Å². The van der Waals surface area contributed by atoms with E-state index in [4.69, 9.17) is 4.74 Å². The van der Waals surface area contributed by atoms with Gasteiger partial charge in [-0.2, -0.15) is 5.10 Å². The van der Waals surface area contributed by atoms with Crippen LogP contribution in [0.1, 0.15) is 16.2 Å². The minimum atomic E-state index is -0.545. The van der Waals surface area contributed by atoms with E-state index >= 15 is 0 Å². The molecule has 1 heterocycles. The van der Waals surface area contributed by atoms with Crippen molar-refractivity contribution < 1.29 is 9.53 Å². The topological polar surface area (TPSA) is 85.6 Å². The predicted octanol–water partition coefficient (Wildman–Crippen LogP) is 3.62. The van der Waals surface area contributed by atoms with Crippen LogP contribution in [0, 0.1) is 0 Å². The number of rotatable bonds is 5. The number of ether oxygens (including phenoxy) is 1. The zero-order valence-corrected chi connectivity index (χ0v) is 16.1. The van der Waals surface area contributed by atoms with E-state index in [-0.39, 0.29) is 16.9 Å². The molecule has 0 bridgehead atoms. The number of nitrogens with one attached hydrogen (secondary N) is 1. The molecular formula is C23H18N4O3. The van der Waals surface area contributed by atoms with Gasteiger partial charge in [-0.25, -0.2) is 9.78 Å². The van der Waals surface area contributed by atoms with Gasteiger partial charge in [-0.1, -0.05) is 42.5 Å². The third kappa shape index (κ3) is 3.68. The Morgan fingerprint density at radius 2 is 1.70 bits per heavy atom. The van der Waals surface area contributed by atoms with E-state index in [0.29, 0.717) is 16.6 Å². The number of carbonyl (C=O) groups excluding carboxylic acids is 1. The zero-order chi connectivity index (χ0) is 20.9. The third-order valence-corrected chi connectivity index (χ3v) is 4.50. The summed E-state index contributed by atoms with van der Waals surface area (Å²) in [7, 11) is 1.30. The summed E-state index contributed by atoms with van der Waals surface area (Å²) in [6, 6.07) is 23.2. The van der Waals surface area contributed by atoms with E-state index in [2.05, 4.69) is 15.5 Å². The molecule has 3 aromatic carbocycles. The largest absolute Gasteiger partial charge is 0.465 e. The monoisotopic (exact) mass is 398 g/mol. The normalized spacial score (nSPS) is 11.0. The quantitative estimate of drug-likeness (QED) is 0.315. The molecule has 0 spiro atoms. The van der Waals surface area contributed by atoms with Crippen molar-refractivity contribution in [2.24, 2.45) is 5.10 Å². The van der Waals surface area contributed by atoms with Crippen molar-refractivity contribution in [3.8, 4) is 5.69 Å². The Kier molecular flexibility index (Phi) is 5.34. The first-order chi connectivity index (χ1) is 14.7. The number of anilines is 1. The number of benzene rings is 3. The van der Waals surface area contributed by atoms with Crippen LogP contribution in [-0.4, -0.2) is 28.8 Å². The lowest BCUT2D eigenvalue weighted by Gasteiger charge is -2.14. The average molecular weight is 398 g/mol. The van der Waals surface area contributed by atoms with Crippen LogP contribution < -0.4 is 11.0 Å². The summed E-state index contributed by atoms with van der Waals surface area (Å²) < 4.78 is 6.25. The van der Waals surface area contributed by atoms with Gasteiger partial charge in [-0.15, -0.1) is 0 Å². The first kappa shape index (κ1) is 19.1. The molecule has 7 heteroatoms. The van der Waals surface area contributed by atoms with Gasteiger partial charge < -0.3 is 4.74 Å². The lowest BCUT2D eigenvalue weighted by molar-refractivity contribution is 0.0600. The van der Waals surface area contributed by atoms with Crippen molar-refractivity contribution in [2.45, 2.75) is 0 Å². The number of carbonyl (C=O) groups is 1. The van der Waals surface area contributed by atoms with Crippen molar-refractivity contribution in [3.63, 3.8) is 0 Å². The predicted molar refractivity (Wildman–Crippen MR) is 116 cm³/mol. The van der Waals surface area contributed by atoms with Gasteiger partial charge in [0, 0.05) is 0 Å². The maximum absolute atomic E-state index is 13.3. The number of para-hydroxylation sites is 3. The Morgan fingerprint density at radius 1 is 1.00 bits per heavy atom. The summed E-state index contributed by atoms with van der Waals surface area (Å²) in [6.07, 6.45) is 1.45. The van der Waals surface area contributed by atoms with Crippen LogP contribution in [0.25, 0.3) is 16.6 Å². The second-order valence-corrected chi connectivity index (χ2v) is 6.37. The van der Waals surface area contributed by atoms with Gasteiger partial charge >= 0.3 is 5.97 Å². The second kappa shape index (κ2) is 8.40. The molecule has 0 radical (unpaired) electrons. The number of hydrogen-bond donors (Lipinski definition) is 1. The summed E-state index contributed by atoms with van der Waals surface area (Å²) in [5, 5.41) is 4.66. The molecule has 30 heavy (non-hydrogen) atoms. The molecule has 0 saturated carbocycles. The van der Waals surface area contributed by atoms with Gasteiger partial charge in [0.15, 0.2) is 5.82 Å². The summed E-state index contributed by atoms with van der Waals surface area (Å²) in [5.74, 6) is -0.269. The molecule has 7 nitrogen and oxygen atoms in total. The van der Waals surface area contributed by atoms with E-state index in [9.17, 15) is 9.59 Å². The van der Waals surface area contributed by atoms with Crippen LogP contribution in [0.15, 0.2) is 88.8 Å². The van der Waals surface area contributed by atoms with Crippen molar-refractivity contribution >= 4 is 28.8 Å². The van der Waals surface area contributed by atoms with Gasteiger partial charge in [0.25, 0.3) is 5.56 Å². The SMILES string of the molecule is COC(=O)c1ccccc1-n1c(/C=N/Nc2ccccc2)nc2ccccc2c1=O. The van der Waals surface area contributed by atoms with Gasteiger partial charge in [0.2, 0.25) is 0 Å². The fourth-order valence-electron chi connectivity index (χ4n) is 3.10. The summed E-state index contributed by atoms with van der Waals surface area (Å²) in [4.78, 5) is 30.2. The number of methoxy groups -OCH3 is 1. The molecule has 1 N–H and O–H groups in total. The van der Waals surface area contributed by atoms with Gasteiger partial charge in [0.05, 0.1) is 41.2 Å². The molecule has 0 unspecified atom stereocenters. The maximum atomic E-state index is 13.3. The third-order valence-electron chi connectivity index (χ3n) is 4.50. The molecule has 1 aromatic heterocycles. The molecule has 0 saturated heterocycles. The molecular weight excluding hydrogens is 380 g/mol. The molecule has 0 fully saturated rings. The Hall–Kier alpha value is -4.26. The highest BCUT2D eigenvalue weighted by Gasteiger charge is 2.18. The van der Waals surface area contributed by atoms with Crippen molar-refractivity contribution in [2.75, 3.05) is 12.5 Å². The van der Waals surface area contributed by atoms with Gasteiger partial charge in [0.1, 0.15) is 0 Å². The van der Waals surface area contributed by atoms with Crippen LogP contribution >= 0.6 is 0 Å². The highest BCUT2D eigenvalue weighted by molar-refractivity contribution is 5.94. The Labute approximate surface area is 172 Å². The van der Waals surface area contributed by atoms with Crippen LogP contribution in [0.2, 0.25) is 0 Å². The maximum Gasteiger partial charge on any atom is 0.339 e. The smallest absolute Gasteiger partial charge is 0.339 e. The Balaban J connectivity index is 1.90. The summed E-state index contributed by atoms with van der Waals surface area (Å²) >= 11 is 0. The fraction of sp³-hybridized carbons (Fsp3) is 0.0435. The highest BCUT2D eigenvalue weighted by Crippen LogP contribution is 2.17. The standard InChI is InChI=1S/C23H18N4O3/c1-30-23(29)18-12-6-8-14-20(18)27-21(15-24-26-16-9-3-2-4-10-16)25-19-13-7-5-11-17(19)22(27)28/h2-15,26H,1H3/b24-15+. The van der Waals surface area contributed by atoms with Crippen molar-refractivity contribution in [1.82, 2.24) is 9.55 Å². The lowest BCUT2D eigenvalue weighted by atomic mass is 10.1. The summed E-state index contributed by atoms with van der Waals surface area (Å²) in [6.45, 7) is 0.